The minimum absolute atomic E-state index is 0.128. The van der Waals surface area contributed by atoms with Crippen molar-refractivity contribution in [3.05, 3.63) is 63.7 Å². The quantitative estimate of drug-likeness (QED) is 0.645. The normalized spacial score (nSPS) is 10.4. The fourth-order valence-corrected chi connectivity index (χ4v) is 2.34. The lowest BCUT2D eigenvalue weighted by Gasteiger charge is -2.13. The van der Waals surface area contributed by atoms with Crippen LogP contribution >= 0.6 is 0 Å². The van der Waals surface area contributed by atoms with E-state index in [0.29, 0.717) is 11.4 Å². The summed E-state index contributed by atoms with van der Waals surface area (Å²) in [7, 11) is 1.60. The van der Waals surface area contributed by atoms with Gasteiger partial charge in [0, 0.05) is 24.4 Å². The molecule has 0 unspecified atom stereocenters. The second kappa shape index (κ2) is 6.91. The predicted molar refractivity (Wildman–Crippen MR) is 91.1 cm³/mol. The van der Waals surface area contributed by atoms with Crippen LogP contribution in [0.25, 0.3) is 0 Å². The maximum atomic E-state index is 12.4. The number of amides is 1. The fourth-order valence-electron chi connectivity index (χ4n) is 2.34. The summed E-state index contributed by atoms with van der Waals surface area (Å²) in [6.45, 7) is 4.08. The number of carbonyl (C=O) groups is 1. The molecule has 120 valence electrons. The summed E-state index contributed by atoms with van der Waals surface area (Å²) in [4.78, 5) is 23.0. The number of nitrogens with one attached hydrogen (secondary N) is 2. The molecule has 2 aromatic carbocycles. The van der Waals surface area contributed by atoms with Crippen LogP contribution in [0.4, 0.5) is 17.1 Å². The smallest absolute Gasteiger partial charge is 0.293 e. The van der Waals surface area contributed by atoms with E-state index in [4.69, 9.17) is 0 Å². The highest BCUT2D eigenvalue weighted by molar-refractivity contribution is 6.05. The average molecular weight is 313 g/mol. The molecular formula is C17H19N3O3. The Morgan fingerprint density at radius 1 is 1.13 bits per heavy atom. The Balaban J connectivity index is 2.32. The second-order valence-corrected chi connectivity index (χ2v) is 5.44. The number of nitro benzene ring substituents is 1. The number of nitrogens with zero attached hydrogens (tertiary/aromatic N) is 1. The number of para-hydroxylation sites is 1. The Kier molecular flexibility index (Phi) is 4.95. The molecule has 0 fully saturated rings. The molecular weight excluding hydrogens is 294 g/mol. The first-order valence-electron chi connectivity index (χ1n) is 7.30. The van der Waals surface area contributed by atoms with Crippen LogP contribution in [0.1, 0.15) is 35.7 Å². The Labute approximate surface area is 134 Å². The van der Waals surface area contributed by atoms with Gasteiger partial charge < -0.3 is 10.6 Å². The largest absolute Gasteiger partial charge is 0.383 e. The molecule has 0 heterocycles. The van der Waals surface area contributed by atoms with Gasteiger partial charge in [0.15, 0.2) is 0 Å². The van der Waals surface area contributed by atoms with Crippen LogP contribution < -0.4 is 10.6 Å². The van der Waals surface area contributed by atoms with E-state index in [2.05, 4.69) is 10.6 Å². The highest BCUT2D eigenvalue weighted by Crippen LogP contribution is 2.27. The van der Waals surface area contributed by atoms with Crippen molar-refractivity contribution in [2.24, 2.45) is 0 Å². The van der Waals surface area contributed by atoms with E-state index < -0.39 is 4.92 Å². The number of anilines is 2. The van der Waals surface area contributed by atoms with Gasteiger partial charge in [-0.2, -0.15) is 0 Å². The summed E-state index contributed by atoms with van der Waals surface area (Å²) in [5.41, 5.74) is 2.22. The van der Waals surface area contributed by atoms with Crippen LogP contribution in [0.2, 0.25) is 0 Å². The van der Waals surface area contributed by atoms with E-state index in [0.717, 1.165) is 5.56 Å². The Bertz CT molecular complexity index is 742. The zero-order valence-electron chi connectivity index (χ0n) is 13.3. The first-order chi connectivity index (χ1) is 10.9. The van der Waals surface area contributed by atoms with Gasteiger partial charge in [-0.15, -0.1) is 0 Å². The maximum absolute atomic E-state index is 12.4. The number of hydrogen-bond donors (Lipinski definition) is 2. The third-order valence-electron chi connectivity index (χ3n) is 3.56. The Morgan fingerprint density at radius 2 is 1.83 bits per heavy atom. The zero-order chi connectivity index (χ0) is 17.0. The summed E-state index contributed by atoms with van der Waals surface area (Å²) < 4.78 is 0. The molecule has 0 radical (unpaired) electrons. The van der Waals surface area contributed by atoms with Gasteiger partial charge in [-0.1, -0.05) is 32.0 Å². The maximum Gasteiger partial charge on any atom is 0.293 e. The van der Waals surface area contributed by atoms with Gasteiger partial charge in [0.05, 0.1) is 4.92 Å². The van der Waals surface area contributed by atoms with Crippen LogP contribution in [-0.4, -0.2) is 17.9 Å². The highest BCUT2D eigenvalue weighted by Gasteiger charge is 2.17. The van der Waals surface area contributed by atoms with Gasteiger partial charge in [0.1, 0.15) is 5.69 Å². The molecule has 23 heavy (non-hydrogen) atoms. The van der Waals surface area contributed by atoms with Crippen molar-refractivity contribution in [2.75, 3.05) is 17.7 Å². The lowest BCUT2D eigenvalue weighted by atomic mass is 10.0. The molecule has 6 heteroatoms. The third kappa shape index (κ3) is 3.66. The summed E-state index contributed by atoms with van der Waals surface area (Å²) in [5.74, 6) is -0.114. The van der Waals surface area contributed by atoms with Gasteiger partial charge in [0.25, 0.3) is 11.6 Å². The van der Waals surface area contributed by atoms with Crippen LogP contribution in [-0.2, 0) is 0 Å². The topological polar surface area (TPSA) is 84.3 Å². The Morgan fingerprint density at radius 3 is 2.43 bits per heavy atom. The molecule has 0 saturated heterocycles. The van der Waals surface area contributed by atoms with Gasteiger partial charge in [0.2, 0.25) is 0 Å². The van der Waals surface area contributed by atoms with Gasteiger partial charge in [-0.3, -0.25) is 14.9 Å². The molecule has 1 amide bonds. The minimum Gasteiger partial charge on any atom is -0.383 e. The van der Waals surface area contributed by atoms with E-state index in [1.165, 1.54) is 12.1 Å². The van der Waals surface area contributed by atoms with Crippen molar-refractivity contribution >= 4 is 23.0 Å². The molecule has 0 aliphatic rings. The van der Waals surface area contributed by atoms with E-state index >= 15 is 0 Å². The van der Waals surface area contributed by atoms with Crippen LogP contribution in [0.5, 0.6) is 0 Å². The summed E-state index contributed by atoms with van der Waals surface area (Å²) >= 11 is 0. The monoisotopic (exact) mass is 313 g/mol. The van der Waals surface area contributed by atoms with Gasteiger partial charge >= 0.3 is 0 Å². The van der Waals surface area contributed by atoms with E-state index in [1.54, 1.807) is 13.1 Å². The minimum atomic E-state index is -0.509. The van der Waals surface area contributed by atoms with Crippen LogP contribution in [0, 0.1) is 10.1 Å². The molecule has 0 atom stereocenters. The second-order valence-electron chi connectivity index (χ2n) is 5.44. The molecule has 0 aliphatic carbocycles. The number of nitro groups is 1. The van der Waals surface area contributed by atoms with Gasteiger partial charge in [-0.05, 0) is 29.7 Å². The molecule has 0 saturated carbocycles. The first kappa shape index (κ1) is 16.5. The molecule has 0 spiro atoms. The van der Waals surface area contributed by atoms with Crippen molar-refractivity contribution < 1.29 is 9.72 Å². The van der Waals surface area contributed by atoms with Crippen molar-refractivity contribution in [3.8, 4) is 0 Å². The summed E-state index contributed by atoms with van der Waals surface area (Å²) in [5, 5.41) is 16.7. The van der Waals surface area contributed by atoms with E-state index in [9.17, 15) is 14.9 Å². The van der Waals surface area contributed by atoms with Gasteiger partial charge in [-0.25, -0.2) is 0 Å². The molecule has 0 bridgehead atoms. The standard InChI is InChI=1S/C17H19N3O3/c1-11(2)13-6-4-5-7-14(13)19-17(21)12-8-9-15(18-3)16(10-12)20(22)23/h4-11,18H,1-3H3,(H,19,21). The third-order valence-corrected chi connectivity index (χ3v) is 3.56. The number of benzene rings is 2. The average Bonchev–Trinajstić information content (AvgIpc) is 2.54. The molecule has 2 aromatic rings. The molecule has 6 nitrogen and oxygen atoms in total. The summed E-state index contributed by atoms with van der Waals surface area (Å²) in [6, 6.07) is 11.9. The van der Waals surface area contributed by atoms with E-state index in [1.807, 2.05) is 38.1 Å². The van der Waals surface area contributed by atoms with Crippen LogP contribution in [0.3, 0.4) is 0 Å². The van der Waals surface area contributed by atoms with Crippen molar-refractivity contribution in [3.63, 3.8) is 0 Å². The summed E-state index contributed by atoms with van der Waals surface area (Å²) in [6.07, 6.45) is 0. The lowest BCUT2D eigenvalue weighted by molar-refractivity contribution is -0.384. The van der Waals surface area contributed by atoms with E-state index in [-0.39, 0.29) is 23.1 Å². The zero-order valence-corrected chi connectivity index (χ0v) is 13.3. The SMILES string of the molecule is CNc1ccc(C(=O)Nc2ccccc2C(C)C)cc1[N+](=O)[O-]. The molecule has 0 aromatic heterocycles. The number of carbonyl (C=O) groups excluding carboxylic acids is 1. The van der Waals surface area contributed by atoms with Crippen molar-refractivity contribution in [1.29, 1.82) is 0 Å². The first-order valence-corrected chi connectivity index (χ1v) is 7.30. The van der Waals surface area contributed by atoms with Crippen LogP contribution in [0.15, 0.2) is 42.5 Å². The molecule has 0 aliphatic heterocycles. The van der Waals surface area contributed by atoms with Crippen molar-refractivity contribution in [2.45, 2.75) is 19.8 Å². The number of hydrogen-bond acceptors (Lipinski definition) is 4. The fraction of sp³-hybridized carbons (Fsp3) is 0.235. The van der Waals surface area contributed by atoms with Crippen molar-refractivity contribution in [1.82, 2.24) is 0 Å². The highest BCUT2D eigenvalue weighted by atomic mass is 16.6. The lowest BCUT2D eigenvalue weighted by Crippen LogP contribution is -2.14. The molecule has 2 rings (SSSR count). The predicted octanol–water partition coefficient (Wildman–Crippen LogP) is 4.01. The molecule has 2 N–H and O–H groups in total. The Hall–Kier alpha value is -2.89. The number of rotatable bonds is 5.